The number of likely N-dealkylation sites (tertiary alicyclic amines) is 1. The summed E-state index contributed by atoms with van der Waals surface area (Å²) >= 11 is 0. The Morgan fingerprint density at radius 3 is 2.65 bits per heavy atom. The minimum atomic E-state index is -0.286. The first-order valence-corrected chi connectivity index (χ1v) is 9.18. The van der Waals surface area contributed by atoms with E-state index in [1.807, 2.05) is 6.07 Å². The quantitative estimate of drug-likeness (QED) is 0.706. The smallest absolute Gasteiger partial charge is 0.165 e. The van der Waals surface area contributed by atoms with E-state index in [0.717, 1.165) is 43.8 Å². The van der Waals surface area contributed by atoms with Gasteiger partial charge in [-0.25, -0.2) is 9.37 Å². The maximum atomic E-state index is 13.8. The average molecular weight is 353 g/mol. The van der Waals surface area contributed by atoms with Crippen molar-refractivity contribution >= 4 is 5.65 Å². The van der Waals surface area contributed by atoms with Crippen molar-refractivity contribution in [2.75, 3.05) is 13.1 Å². The first kappa shape index (κ1) is 17.0. The Labute approximate surface area is 153 Å². The van der Waals surface area contributed by atoms with Gasteiger partial charge < -0.3 is 9.14 Å². The van der Waals surface area contributed by atoms with Crippen LogP contribution in [0.5, 0.6) is 5.75 Å². The summed E-state index contributed by atoms with van der Waals surface area (Å²) in [5, 5.41) is 0. The summed E-state index contributed by atoms with van der Waals surface area (Å²) < 4.78 is 21.8. The molecule has 0 unspecified atom stereocenters. The molecule has 0 radical (unpaired) electrons. The molecule has 1 aromatic carbocycles. The van der Waals surface area contributed by atoms with E-state index in [9.17, 15) is 4.39 Å². The lowest BCUT2D eigenvalue weighted by molar-refractivity contribution is 0.0927. The summed E-state index contributed by atoms with van der Waals surface area (Å²) in [6, 6.07) is 10.8. The van der Waals surface area contributed by atoms with Crippen LogP contribution in [-0.2, 0) is 6.54 Å². The van der Waals surface area contributed by atoms with Gasteiger partial charge in [-0.2, -0.15) is 0 Å². The van der Waals surface area contributed by atoms with Gasteiger partial charge in [0, 0.05) is 25.8 Å². The molecule has 3 aromatic rings. The number of ether oxygens (including phenoxy) is 1. The van der Waals surface area contributed by atoms with Crippen molar-refractivity contribution < 1.29 is 9.13 Å². The van der Waals surface area contributed by atoms with Crippen molar-refractivity contribution in [3.8, 4) is 5.75 Å². The Bertz CT molecular complexity index is 913. The molecule has 0 aliphatic carbocycles. The van der Waals surface area contributed by atoms with Gasteiger partial charge in [0.15, 0.2) is 11.6 Å². The summed E-state index contributed by atoms with van der Waals surface area (Å²) in [5.74, 6) is 0.0747. The second kappa shape index (κ2) is 7.08. The molecule has 3 heterocycles. The molecule has 4 nitrogen and oxygen atoms in total. The third-order valence-corrected chi connectivity index (χ3v) is 5.18. The predicted molar refractivity (Wildman–Crippen MR) is 100.0 cm³/mol. The molecule has 1 fully saturated rings. The van der Waals surface area contributed by atoms with Crippen LogP contribution < -0.4 is 4.74 Å². The lowest BCUT2D eigenvalue weighted by atomic mass is 10.1. The van der Waals surface area contributed by atoms with Crippen LogP contribution in [0.4, 0.5) is 4.39 Å². The normalized spacial score (nSPS) is 16.3. The number of aromatic nitrogens is 2. The first-order valence-electron chi connectivity index (χ1n) is 9.18. The zero-order valence-corrected chi connectivity index (χ0v) is 15.3. The highest BCUT2D eigenvalue weighted by Gasteiger charge is 2.23. The highest BCUT2D eigenvalue weighted by atomic mass is 19.1. The van der Waals surface area contributed by atoms with Gasteiger partial charge in [-0.05, 0) is 50.5 Å². The Morgan fingerprint density at radius 2 is 1.88 bits per heavy atom. The molecule has 0 saturated carbocycles. The average Bonchev–Trinajstić information content (AvgIpc) is 2.96. The molecule has 26 heavy (non-hydrogen) atoms. The number of pyridine rings is 1. The molecular formula is C21H24FN3O. The Hall–Kier alpha value is -2.40. The van der Waals surface area contributed by atoms with E-state index < -0.39 is 0 Å². The minimum Gasteiger partial charge on any atom is -0.487 e. The summed E-state index contributed by atoms with van der Waals surface area (Å²) in [6.45, 7) is 6.94. The second-order valence-corrected chi connectivity index (χ2v) is 7.05. The highest BCUT2D eigenvalue weighted by molar-refractivity contribution is 5.50. The predicted octanol–water partition coefficient (Wildman–Crippen LogP) is 4.13. The third-order valence-electron chi connectivity index (χ3n) is 5.18. The van der Waals surface area contributed by atoms with Gasteiger partial charge in [-0.1, -0.05) is 18.2 Å². The van der Waals surface area contributed by atoms with Gasteiger partial charge in [0.2, 0.25) is 0 Å². The Kier molecular flexibility index (Phi) is 4.64. The lowest BCUT2D eigenvalue weighted by Crippen LogP contribution is -2.38. The summed E-state index contributed by atoms with van der Waals surface area (Å²) in [4.78, 5) is 7.16. The number of hydrogen-bond donors (Lipinski definition) is 0. The van der Waals surface area contributed by atoms with E-state index in [0.29, 0.717) is 5.75 Å². The lowest BCUT2D eigenvalue weighted by Gasteiger charge is -2.32. The number of rotatable bonds is 4. The molecular weight excluding hydrogens is 329 g/mol. The fraction of sp³-hybridized carbons (Fsp3) is 0.381. The number of benzene rings is 1. The number of imidazole rings is 1. The van der Waals surface area contributed by atoms with E-state index >= 15 is 0 Å². The number of nitrogens with zero attached hydrogens (tertiary/aromatic N) is 3. The van der Waals surface area contributed by atoms with Crippen LogP contribution in [0.3, 0.4) is 0 Å². The van der Waals surface area contributed by atoms with E-state index in [2.05, 4.69) is 41.5 Å². The van der Waals surface area contributed by atoms with Crippen LogP contribution in [0.1, 0.15) is 29.8 Å². The zero-order valence-electron chi connectivity index (χ0n) is 15.3. The van der Waals surface area contributed by atoms with Crippen LogP contribution in [0.2, 0.25) is 0 Å². The Balaban J connectivity index is 1.41. The fourth-order valence-corrected chi connectivity index (χ4v) is 3.67. The molecule has 1 saturated heterocycles. The van der Waals surface area contributed by atoms with Crippen LogP contribution in [-0.4, -0.2) is 33.5 Å². The summed E-state index contributed by atoms with van der Waals surface area (Å²) in [6.07, 6.45) is 3.98. The molecule has 1 aliphatic rings. The van der Waals surface area contributed by atoms with Crippen molar-refractivity contribution in [2.24, 2.45) is 0 Å². The molecule has 4 rings (SSSR count). The van der Waals surface area contributed by atoms with Crippen molar-refractivity contribution in [3.63, 3.8) is 0 Å². The Morgan fingerprint density at radius 1 is 1.12 bits per heavy atom. The SMILES string of the molecule is Cc1nc2c(C)cccn2c1CN1CCC(Oc2ccccc2F)CC1. The fourth-order valence-electron chi connectivity index (χ4n) is 3.67. The molecule has 0 spiro atoms. The number of fused-ring (bicyclic) bond motifs is 1. The molecule has 136 valence electrons. The molecule has 5 heteroatoms. The summed E-state index contributed by atoms with van der Waals surface area (Å²) in [5.41, 5.74) is 4.57. The van der Waals surface area contributed by atoms with Crippen LogP contribution in [0, 0.1) is 19.7 Å². The third kappa shape index (κ3) is 3.31. The number of halogens is 1. The van der Waals surface area contributed by atoms with Crippen molar-refractivity contribution in [3.05, 3.63) is 65.4 Å². The number of hydrogen-bond acceptors (Lipinski definition) is 3. The van der Waals surface area contributed by atoms with Gasteiger partial charge in [-0.15, -0.1) is 0 Å². The number of piperidine rings is 1. The topological polar surface area (TPSA) is 29.8 Å². The van der Waals surface area contributed by atoms with E-state index in [1.54, 1.807) is 12.1 Å². The number of aryl methyl sites for hydroxylation is 2. The number of para-hydroxylation sites is 1. The molecule has 0 atom stereocenters. The van der Waals surface area contributed by atoms with Gasteiger partial charge in [-0.3, -0.25) is 4.90 Å². The van der Waals surface area contributed by atoms with Gasteiger partial charge in [0.1, 0.15) is 11.8 Å². The van der Waals surface area contributed by atoms with Gasteiger partial charge >= 0.3 is 0 Å². The van der Waals surface area contributed by atoms with E-state index in [4.69, 9.17) is 9.72 Å². The van der Waals surface area contributed by atoms with Crippen molar-refractivity contribution in [1.29, 1.82) is 0 Å². The zero-order chi connectivity index (χ0) is 18.1. The van der Waals surface area contributed by atoms with Gasteiger partial charge in [0.05, 0.1) is 11.4 Å². The highest BCUT2D eigenvalue weighted by Crippen LogP contribution is 2.23. The largest absolute Gasteiger partial charge is 0.487 e. The monoisotopic (exact) mass is 353 g/mol. The maximum absolute atomic E-state index is 13.8. The van der Waals surface area contributed by atoms with Crippen molar-refractivity contribution in [2.45, 2.75) is 39.3 Å². The standard InChI is InChI=1S/C21H24FN3O/c1-15-6-5-11-25-19(16(2)23-21(15)25)14-24-12-9-17(10-13-24)26-20-8-4-3-7-18(20)22/h3-8,11,17H,9-10,12-14H2,1-2H3. The molecule has 0 N–H and O–H groups in total. The maximum Gasteiger partial charge on any atom is 0.165 e. The van der Waals surface area contributed by atoms with Gasteiger partial charge in [0.25, 0.3) is 0 Å². The second-order valence-electron chi connectivity index (χ2n) is 7.05. The van der Waals surface area contributed by atoms with Crippen molar-refractivity contribution in [1.82, 2.24) is 14.3 Å². The summed E-state index contributed by atoms with van der Waals surface area (Å²) in [7, 11) is 0. The molecule has 0 amide bonds. The molecule has 0 bridgehead atoms. The van der Waals surface area contributed by atoms with E-state index in [-0.39, 0.29) is 11.9 Å². The minimum absolute atomic E-state index is 0.0775. The van der Waals surface area contributed by atoms with E-state index in [1.165, 1.54) is 17.3 Å². The molecule has 2 aromatic heterocycles. The molecule has 1 aliphatic heterocycles. The van der Waals surface area contributed by atoms with Crippen LogP contribution in [0.25, 0.3) is 5.65 Å². The first-order chi connectivity index (χ1) is 12.6. The van der Waals surface area contributed by atoms with Crippen LogP contribution in [0.15, 0.2) is 42.6 Å². The van der Waals surface area contributed by atoms with Crippen LogP contribution >= 0.6 is 0 Å².